The fraction of sp³-hybridized carbons (Fsp3) is 0.561. The number of likely N-dealkylation sites (N-methyl/N-ethyl adjacent to an activating group) is 1. The van der Waals surface area contributed by atoms with E-state index in [1.807, 2.05) is 88.4 Å². The number of nitrogens with zero attached hydrogens (tertiary/aromatic N) is 3. The van der Waals surface area contributed by atoms with Crippen LogP contribution in [0.3, 0.4) is 0 Å². The van der Waals surface area contributed by atoms with Gasteiger partial charge in [-0.25, -0.2) is 4.79 Å². The Balaban J connectivity index is 1.57. The Kier molecular flexibility index (Phi) is 13.3. The van der Waals surface area contributed by atoms with E-state index in [-0.39, 0.29) is 43.6 Å². The van der Waals surface area contributed by atoms with E-state index in [0.717, 1.165) is 11.1 Å². The van der Waals surface area contributed by atoms with E-state index < -0.39 is 65.9 Å². The highest BCUT2D eigenvalue weighted by Crippen LogP contribution is 2.27. The van der Waals surface area contributed by atoms with E-state index in [0.29, 0.717) is 38.6 Å². The second-order valence-corrected chi connectivity index (χ2v) is 15.5. The fourth-order valence-electron chi connectivity index (χ4n) is 7.72. The molecule has 12 heteroatoms. The number of carbonyl (C=O) groups is 6. The summed E-state index contributed by atoms with van der Waals surface area (Å²) < 4.78 is 6.00. The highest BCUT2D eigenvalue weighted by atomic mass is 16.6. The van der Waals surface area contributed by atoms with Crippen LogP contribution in [0.15, 0.2) is 60.7 Å². The molecule has 0 bridgehead atoms. The molecule has 5 rings (SSSR count). The van der Waals surface area contributed by atoms with Gasteiger partial charge in [0.05, 0.1) is 0 Å². The molecule has 5 amide bonds. The summed E-state index contributed by atoms with van der Waals surface area (Å²) in [4.78, 5) is 89.9. The van der Waals surface area contributed by atoms with Crippen molar-refractivity contribution in [1.82, 2.24) is 25.3 Å². The zero-order chi connectivity index (χ0) is 38.2. The first-order valence-electron chi connectivity index (χ1n) is 19.1. The van der Waals surface area contributed by atoms with Crippen molar-refractivity contribution in [3.05, 3.63) is 71.8 Å². The van der Waals surface area contributed by atoms with Crippen LogP contribution in [-0.2, 0) is 46.3 Å². The molecule has 53 heavy (non-hydrogen) atoms. The average Bonchev–Trinajstić information content (AvgIpc) is 3.83. The molecule has 0 saturated carbocycles. The van der Waals surface area contributed by atoms with Crippen molar-refractivity contribution in [3.63, 3.8) is 0 Å². The van der Waals surface area contributed by atoms with Crippen molar-refractivity contribution in [1.29, 1.82) is 0 Å². The summed E-state index contributed by atoms with van der Waals surface area (Å²) in [6.07, 6.45) is 1.56. The van der Waals surface area contributed by atoms with Gasteiger partial charge in [-0.3, -0.25) is 24.0 Å². The monoisotopic (exact) mass is 729 g/mol. The van der Waals surface area contributed by atoms with E-state index in [2.05, 4.69) is 10.6 Å². The van der Waals surface area contributed by atoms with Crippen molar-refractivity contribution in [3.8, 4) is 0 Å². The van der Waals surface area contributed by atoms with Gasteiger partial charge in [-0.2, -0.15) is 0 Å². The number of ether oxygens (including phenoxy) is 1. The van der Waals surface area contributed by atoms with Crippen molar-refractivity contribution >= 4 is 35.5 Å². The lowest BCUT2D eigenvalue weighted by Crippen LogP contribution is -2.60. The molecular formula is C41H55N5O7. The lowest BCUT2D eigenvalue weighted by atomic mass is 9.98. The molecule has 6 atom stereocenters. The van der Waals surface area contributed by atoms with Crippen LogP contribution in [-0.4, -0.2) is 107 Å². The Morgan fingerprint density at radius 2 is 1.15 bits per heavy atom. The van der Waals surface area contributed by atoms with Crippen molar-refractivity contribution in [2.45, 2.75) is 115 Å². The van der Waals surface area contributed by atoms with E-state index in [1.165, 1.54) is 14.7 Å². The zero-order valence-corrected chi connectivity index (χ0v) is 31.7. The van der Waals surface area contributed by atoms with Crippen LogP contribution < -0.4 is 10.6 Å². The molecule has 3 fully saturated rings. The maximum atomic E-state index is 14.5. The standard InChI is InChI=1S/C41H55N5O7/c1-26(2)22-34-37(48)42-30(24-28-14-8-6-9-15-28)36(47)43-31(25-29-16-10-7-11-17-29)38(49)46-21-13-19-33(46)41(52)53-35(23-27(3)4)40(51)45-20-12-18-32(45)39(50)44(34)5/h6-11,14-17,26-27,30-35H,12-13,18-25H2,1-5H3,(H,42,48)(H,43,47)/t30-,31-,32-,33-,34-,35-/m0/s1. The minimum absolute atomic E-state index is 0.0104. The largest absolute Gasteiger partial charge is 0.451 e. The van der Waals surface area contributed by atoms with Gasteiger partial charge >= 0.3 is 5.97 Å². The number of rotatable bonds is 8. The van der Waals surface area contributed by atoms with Gasteiger partial charge in [0.25, 0.3) is 5.91 Å². The Morgan fingerprint density at radius 1 is 0.642 bits per heavy atom. The Labute approximate surface area is 313 Å². The Bertz CT molecular complexity index is 1620. The van der Waals surface area contributed by atoms with E-state index in [9.17, 15) is 28.8 Å². The first kappa shape index (κ1) is 39.5. The zero-order valence-electron chi connectivity index (χ0n) is 31.7. The van der Waals surface area contributed by atoms with Crippen LogP contribution in [0, 0.1) is 11.8 Å². The molecule has 0 radical (unpaired) electrons. The molecule has 0 aromatic heterocycles. The third kappa shape index (κ3) is 9.83. The molecule has 286 valence electrons. The van der Waals surface area contributed by atoms with Crippen LogP contribution in [0.2, 0.25) is 0 Å². The van der Waals surface area contributed by atoms with Gasteiger partial charge in [0, 0.05) is 33.0 Å². The van der Waals surface area contributed by atoms with Gasteiger partial charge in [-0.05, 0) is 61.5 Å². The van der Waals surface area contributed by atoms with Crippen LogP contribution >= 0.6 is 0 Å². The molecule has 12 nitrogen and oxygen atoms in total. The number of cyclic esters (lactones) is 1. The van der Waals surface area contributed by atoms with Gasteiger partial charge < -0.3 is 30.1 Å². The van der Waals surface area contributed by atoms with Crippen molar-refractivity contribution in [2.75, 3.05) is 20.1 Å². The topological polar surface area (TPSA) is 145 Å². The predicted octanol–water partition coefficient (Wildman–Crippen LogP) is 3.27. The van der Waals surface area contributed by atoms with Gasteiger partial charge in [0.15, 0.2) is 6.10 Å². The molecule has 0 spiro atoms. The number of hydrogen-bond acceptors (Lipinski definition) is 7. The van der Waals surface area contributed by atoms with E-state index in [1.54, 1.807) is 7.05 Å². The normalized spacial score (nSPS) is 26.6. The number of carbonyl (C=O) groups excluding carboxylic acids is 6. The number of nitrogens with one attached hydrogen (secondary N) is 2. The highest BCUT2D eigenvalue weighted by molar-refractivity contribution is 5.97. The Morgan fingerprint density at radius 3 is 1.72 bits per heavy atom. The number of amides is 5. The molecule has 3 aliphatic rings. The second-order valence-electron chi connectivity index (χ2n) is 15.5. The first-order chi connectivity index (χ1) is 25.3. The first-order valence-corrected chi connectivity index (χ1v) is 19.1. The minimum atomic E-state index is -1.15. The summed E-state index contributed by atoms with van der Waals surface area (Å²) in [5.41, 5.74) is 1.60. The van der Waals surface area contributed by atoms with Crippen LogP contribution in [0.5, 0.6) is 0 Å². The molecule has 0 unspecified atom stereocenters. The maximum Gasteiger partial charge on any atom is 0.329 e. The number of fused-ring (bicyclic) bond motifs is 2. The third-order valence-electron chi connectivity index (χ3n) is 10.5. The van der Waals surface area contributed by atoms with Crippen LogP contribution in [0.4, 0.5) is 0 Å². The molecule has 3 saturated heterocycles. The SMILES string of the molecule is CC(C)C[C@@H]1OC(=O)[C@@H]2CCCN2C(=O)[C@H](Cc2ccccc2)NC(=O)[C@H](Cc2ccccc2)NC(=O)[C@H](CC(C)C)N(C)C(=O)[C@@H]2CCCN2C1=O. The van der Waals surface area contributed by atoms with Gasteiger partial charge in [-0.15, -0.1) is 0 Å². The molecule has 0 aliphatic carbocycles. The van der Waals surface area contributed by atoms with E-state index >= 15 is 0 Å². The molecule has 3 aliphatic heterocycles. The lowest BCUT2D eigenvalue weighted by Gasteiger charge is -2.36. The van der Waals surface area contributed by atoms with Gasteiger partial charge in [0.1, 0.15) is 30.2 Å². The smallest absolute Gasteiger partial charge is 0.329 e. The third-order valence-corrected chi connectivity index (χ3v) is 10.5. The summed E-state index contributed by atoms with van der Waals surface area (Å²) in [5, 5.41) is 5.90. The number of esters is 1. The van der Waals surface area contributed by atoms with Crippen molar-refractivity contribution in [2.24, 2.45) is 11.8 Å². The average molecular weight is 730 g/mol. The van der Waals surface area contributed by atoms with Gasteiger partial charge in [0.2, 0.25) is 23.6 Å². The molecular weight excluding hydrogens is 674 g/mol. The molecule has 2 aromatic rings. The lowest BCUT2D eigenvalue weighted by molar-refractivity contribution is -0.168. The second kappa shape index (κ2) is 17.9. The Hall–Kier alpha value is -4.74. The summed E-state index contributed by atoms with van der Waals surface area (Å²) in [7, 11) is 1.56. The van der Waals surface area contributed by atoms with Crippen molar-refractivity contribution < 1.29 is 33.5 Å². The number of benzene rings is 2. The summed E-state index contributed by atoms with van der Waals surface area (Å²) in [6.45, 7) is 8.34. The summed E-state index contributed by atoms with van der Waals surface area (Å²) in [5.74, 6) is -3.01. The van der Waals surface area contributed by atoms with Crippen LogP contribution in [0.25, 0.3) is 0 Å². The minimum Gasteiger partial charge on any atom is -0.451 e. The predicted molar refractivity (Wildman–Crippen MR) is 199 cm³/mol. The molecule has 2 aromatic carbocycles. The van der Waals surface area contributed by atoms with Gasteiger partial charge in [-0.1, -0.05) is 88.4 Å². The maximum absolute atomic E-state index is 14.5. The quantitative estimate of drug-likeness (QED) is 0.397. The summed E-state index contributed by atoms with van der Waals surface area (Å²) >= 11 is 0. The van der Waals surface area contributed by atoms with Crippen LogP contribution in [0.1, 0.15) is 77.3 Å². The molecule has 3 heterocycles. The highest BCUT2D eigenvalue weighted by Gasteiger charge is 2.45. The molecule has 2 N–H and O–H groups in total. The summed E-state index contributed by atoms with van der Waals surface area (Å²) in [6, 6.07) is 13.7. The van der Waals surface area contributed by atoms with E-state index in [4.69, 9.17) is 4.74 Å². The fourth-order valence-corrected chi connectivity index (χ4v) is 7.72. The number of hydrogen-bond donors (Lipinski definition) is 2.